The summed E-state index contributed by atoms with van der Waals surface area (Å²) in [5.41, 5.74) is 21.6. The molecule has 0 spiro atoms. The van der Waals surface area contributed by atoms with Crippen molar-refractivity contribution >= 4 is 113 Å². The molecule has 0 saturated heterocycles. The highest BCUT2D eigenvalue weighted by molar-refractivity contribution is 5.99. The Labute approximate surface area is 507 Å². The van der Waals surface area contributed by atoms with Crippen LogP contribution in [0.25, 0.3) is 88.7 Å². The van der Waals surface area contributed by atoms with Gasteiger partial charge in [0.1, 0.15) is 12.2 Å². The fourth-order valence-corrected chi connectivity index (χ4v) is 12.9. The van der Waals surface area contributed by atoms with Crippen molar-refractivity contribution in [1.82, 2.24) is 39.9 Å². The molecule has 88 heavy (non-hydrogen) atoms. The standard InChI is InChI=1S/C68H74N8O12/c1-29-41(13-17-61(79)80)53-27-55-43(15-19-63(83)84)31(3)47(71-55)23-59-67(35(7)51(75-59)25-57-65(37(9)77)33(5)49(73-57)21-45(29)69-53)39(11)87-88-40(12)68-36(8)52-26-58-66(38(10)78)34(6)50(74-58)22-46-30(2)42(14-18-62(81)82)54(70-46)28-56-44(16-20-64(85)86)32(4)48(72-56)24-60(68)76-52/h21-28,37-40,69,72-73,76-78H,13-20H2,1-12H3,(H,79,80)(H,81,82)(H,83,84)(H,85,86). The Morgan fingerprint density at radius 2 is 0.716 bits per heavy atom. The number of nitrogens with zero attached hydrogens (tertiary/aromatic N) is 4. The van der Waals surface area contributed by atoms with E-state index in [1.165, 1.54) is 0 Å². The number of aromatic amines is 4. The van der Waals surface area contributed by atoms with E-state index in [2.05, 4.69) is 19.9 Å². The summed E-state index contributed by atoms with van der Waals surface area (Å²) in [4.78, 5) is 96.0. The van der Waals surface area contributed by atoms with E-state index in [0.717, 1.165) is 72.3 Å². The van der Waals surface area contributed by atoms with Crippen LogP contribution in [0, 0.1) is 27.7 Å². The van der Waals surface area contributed by atoms with Gasteiger partial charge in [-0.25, -0.2) is 29.7 Å². The maximum atomic E-state index is 12.1. The molecule has 0 fully saturated rings. The van der Waals surface area contributed by atoms with Gasteiger partial charge in [-0.3, -0.25) is 19.2 Å². The lowest BCUT2D eigenvalue weighted by Crippen LogP contribution is -2.13. The third kappa shape index (κ3) is 12.0. The van der Waals surface area contributed by atoms with Gasteiger partial charge in [0.15, 0.2) is 0 Å². The molecule has 4 aliphatic heterocycles. The lowest BCUT2D eigenvalue weighted by molar-refractivity contribution is -0.336. The first-order valence-electron chi connectivity index (χ1n) is 29.6. The van der Waals surface area contributed by atoms with Crippen molar-refractivity contribution in [3.8, 4) is 0 Å². The van der Waals surface area contributed by atoms with Gasteiger partial charge < -0.3 is 50.6 Å². The van der Waals surface area contributed by atoms with Crippen LogP contribution in [0.5, 0.6) is 0 Å². The smallest absolute Gasteiger partial charge is 0.303 e. The third-order valence-corrected chi connectivity index (χ3v) is 17.6. The number of rotatable bonds is 19. The lowest BCUT2D eigenvalue weighted by Gasteiger charge is -2.19. The highest BCUT2D eigenvalue weighted by Crippen LogP contribution is 2.42. The summed E-state index contributed by atoms with van der Waals surface area (Å²) in [7, 11) is 0. The van der Waals surface area contributed by atoms with E-state index in [-0.39, 0.29) is 51.4 Å². The highest BCUT2D eigenvalue weighted by Gasteiger charge is 2.30. The maximum Gasteiger partial charge on any atom is 0.303 e. The third-order valence-electron chi connectivity index (χ3n) is 17.6. The minimum Gasteiger partial charge on any atom is -0.481 e. The Morgan fingerprint density at radius 1 is 0.375 bits per heavy atom. The van der Waals surface area contributed by atoms with E-state index in [1.54, 1.807) is 13.8 Å². The van der Waals surface area contributed by atoms with Crippen LogP contribution in [0.1, 0.15) is 196 Å². The molecule has 6 aromatic heterocycles. The molecule has 0 radical (unpaired) electrons. The van der Waals surface area contributed by atoms with E-state index in [9.17, 15) is 49.8 Å². The summed E-state index contributed by atoms with van der Waals surface area (Å²) in [6, 6.07) is 15.1. The normalized spacial score (nSPS) is 14.9. The Morgan fingerprint density at radius 3 is 1.20 bits per heavy atom. The van der Waals surface area contributed by atoms with Crippen LogP contribution in [0.15, 0.2) is 48.5 Å². The Hall–Kier alpha value is -9.08. The fraction of sp³-hybridized carbons (Fsp3) is 0.353. The average molecular weight is 1200 g/mol. The molecule has 20 nitrogen and oxygen atoms in total. The Bertz CT molecular complexity index is 4450. The van der Waals surface area contributed by atoms with Gasteiger partial charge in [-0.1, -0.05) is 0 Å². The SMILES string of the molecule is CC1=C(CCC(=O)O)c2cc3[nH]c(cc4[nH]c(cc5nc(cc1n2)C(C(C)OOC(C)c1c(C)c2cc6nc(cc7nc(cc8[nH]c(cc1[nH]2)c(C)c8CCC(=O)O)C(CCC(=O)O)=C7C)C(C)=C6C(C)O)=C5C)c(C(C)O)c4C)c(C)c3CCC(=O)O. The molecule has 0 aliphatic carbocycles. The molecule has 0 amide bonds. The topological polar surface area (TPSA) is 323 Å². The molecule has 10 N–H and O–H groups in total. The van der Waals surface area contributed by atoms with Crippen molar-refractivity contribution in [3.05, 3.63) is 139 Å². The molecule has 10 rings (SSSR count). The highest BCUT2D eigenvalue weighted by atomic mass is 17.2. The van der Waals surface area contributed by atoms with Crippen molar-refractivity contribution in [3.63, 3.8) is 0 Å². The van der Waals surface area contributed by atoms with Crippen LogP contribution in [-0.2, 0) is 41.8 Å². The molecular weight excluding hydrogens is 1120 g/mol. The summed E-state index contributed by atoms with van der Waals surface area (Å²) in [5, 5.41) is 62.1. The number of allylic oxidation sites excluding steroid dienone is 6. The van der Waals surface area contributed by atoms with Gasteiger partial charge in [-0.15, -0.1) is 0 Å². The van der Waals surface area contributed by atoms with Crippen molar-refractivity contribution < 1.29 is 59.6 Å². The molecule has 4 aliphatic rings. The van der Waals surface area contributed by atoms with Gasteiger partial charge >= 0.3 is 23.9 Å². The van der Waals surface area contributed by atoms with Crippen LogP contribution >= 0.6 is 0 Å². The van der Waals surface area contributed by atoms with Crippen molar-refractivity contribution in [2.45, 2.75) is 159 Å². The molecule has 0 aromatic carbocycles. The number of aromatic nitrogens is 8. The van der Waals surface area contributed by atoms with E-state index < -0.39 is 48.3 Å². The second kappa shape index (κ2) is 24.6. The number of carbonyl (C=O) groups is 4. The number of aliphatic carboxylic acids is 4. The number of fused-ring (bicyclic) bond motifs is 16. The van der Waals surface area contributed by atoms with Gasteiger partial charge in [0.25, 0.3) is 0 Å². The van der Waals surface area contributed by atoms with Gasteiger partial charge in [0, 0.05) is 92.1 Å². The van der Waals surface area contributed by atoms with Gasteiger partial charge in [0.2, 0.25) is 0 Å². The molecule has 458 valence electrons. The lowest BCUT2D eigenvalue weighted by atomic mass is 9.98. The molecule has 10 heterocycles. The Kier molecular flexibility index (Phi) is 17.3. The van der Waals surface area contributed by atoms with E-state index in [0.29, 0.717) is 106 Å². The van der Waals surface area contributed by atoms with Crippen LogP contribution in [0.2, 0.25) is 0 Å². The maximum absolute atomic E-state index is 12.1. The quantitative estimate of drug-likeness (QED) is 0.0266. The molecule has 20 heteroatoms. The predicted octanol–water partition coefficient (Wildman–Crippen LogP) is 13.2. The molecule has 16 bridgehead atoms. The number of H-pyrrole nitrogens is 4. The van der Waals surface area contributed by atoms with Gasteiger partial charge in [-0.05, 0) is 224 Å². The molecular formula is C68H74N8O12. The summed E-state index contributed by atoms with van der Waals surface area (Å²) in [6.07, 6.45) is -3.11. The zero-order valence-corrected chi connectivity index (χ0v) is 51.5. The van der Waals surface area contributed by atoms with E-state index in [4.69, 9.17) is 29.7 Å². The number of carboxylic acids is 4. The molecule has 0 saturated carbocycles. The van der Waals surface area contributed by atoms with Crippen molar-refractivity contribution in [2.75, 3.05) is 0 Å². The van der Waals surface area contributed by atoms with Gasteiger partial charge in [-0.2, -0.15) is 0 Å². The number of carboxylic acid groups (broad SMARTS) is 4. The second-order valence-electron chi connectivity index (χ2n) is 23.5. The minimum atomic E-state index is -0.972. The van der Waals surface area contributed by atoms with Crippen LogP contribution < -0.4 is 0 Å². The first-order chi connectivity index (χ1) is 41.7. The zero-order valence-electron chi connectivity index (χ0n) is 51.5. The summed E-state index contributed by atoms with van der Waals surface area (Å²) in [5.74, 6) is -3.85. The predicted molar refractivity (Wildman–Crippen MR) is 339 cm³/mol. The summed E-state index contributed by atoms with van der Waals surface area (Å²) < 4.78 is 0. The van der Waals surface area contributed by atoms with Crippen molar-refractivity contribution in [2.24, 2.45) is 0 Å². The summed E-state index contributed by atoms with van der Waals surface area (Å²) in [6.45, 7) is 22.5. The van der Waals surface area contributed by atoms with Crippen molar-refractivity contribution in [1.29, 1.82) is 0 Å². The van der Waals surface area contributed by atoms with Crippen LogP contribution in [-0.4, -0.2) is 107 Å². The monoisotopic (exact) mass is 1190 g/mol. The second-order valence-corrected chi connectivity index (χ2v) is 23.5. The molecule has 4 unspecified atom stereocenters. The first-order valence-corrected chi connectivity index (χ1v) is 29.6. The average Bonchev–Trinajstić information content (AvgIpc) is 2.47. The van der Waals surface area contributed by atoms with E-state index >= 15 is 0 Å². The Balaban J connectivity index is 1.14. The number of nitrogens with one attached hydrogen (secondary N) is 4. The van der Waals surface area contributed by atoms with Gasteiger partial charge in [0.05, 0.1) is 57.8 Å². The number of aliphatic hydroxyl groups excluding tert-OH is 2. The molecule has 4 atom stereocenters. The number of aryl methyl sites for hydroxylation is 6. The number of hydrogen-bond acceptors (Lipinski definition) is 12. The van der Waals surface area contributed by atoms with E-state index in [1.807, 2.05) is 118 Å². The largest absolute Gasteiger partial charge is 0.481 e. The minimum absolute atomic E-state index is 0.122. The first kappa shape index (κ1) is 62.0. The molecule has 6 aromatic rings. The number of hydrogen-bond donors (Lipinski definition) is 10. The van der Waals surface area contributed by atoms with Crippen LogP contribution in [0.3, 0.4) is 0 Å². The zero-order chi connectivity index (χ0) is 63.5. The van der Waals surface area contributed by atoms with Crippen LogP contribution in [0.4, 0.5) is 0 Å². The fourth-order valence-electron chi connectivity index (χ4n) is 12.9. The number of aliphatic hydroxyl groups is 2. The summed E-state index contributed by atoms with van der Waals surface area (Å²) >= 11 is 0.